The van der Waals surface area contributed by atoms with Crippen LogP contribution >= 0.6 is 0 Å². The van der Waals surface area contributed by atoms with Gasteiger partial charge in [-0.2, -0.15) is 0 Å². The molecule has 2 fully saturated rings. The van der Waals surface area contributed by atoms with E-state index in [0.717, 1.165) is 33.4 Å². The number of allylic oxidation sites excluding steroid dienone is 18. The van der Waals surface area contributed by atoms with Crippen LogP contribution in [0.3, 0.4) is 0 Å². The van der Waals surface area contributed by atoms with E-state index in [0.29, 0.717) is 25.7 Å². The minimum atomic E-state index is -1.00. The Morgan fingerprint density at radius 3 is 1.11 bits per heavy atom. The molecule has 0 heterocycles. The van der Waals surface area contributed by atoms with Crippen LogP contribution in [0.25, 0.3) is 0 Å². The van der Waals surface area contributed by atoms with Gasteiger partial charge < -0.3 is 20.4 Å². The summed E-state index contributed by atoms with van der Waals surface area (Å²) in [5.74, 6) is 0. The number of aliphatic hydroxyl groups excluding tert-OH is 2. The molecule has 4 unspecified atom stereocenters. The van der Waals surface area contributed by atoms with Crippen molar-refractivity contribution >= 4 is 0 Å². The van der Waals surface area contributed by atoms with Crippen LogP contribution in [0.5, 0.6) is 0 Å². The van der Waals surface area contributed by atoms with Crippen molar-refractivity contribution in [2.24, 2.45) is 10.8 Å². The molecule has 0 aliphatic heterocycles. The van der Waals surface area contributed by atoms with Crippen LogP contribution in [0, 0.1) is 10.8 Å². The first-order valence-electron chi connectivity index (χ1n) is 15.9. The van der Waals surface area contributed by atoms with Crippen molar-refractivity contribution in [3.05, 3.63) is 119 Å². The van der Waals surface area contributed by atoms with Gasteiger partial charge in [-0.25, -0.2) is 0 Å². The van der Waals surface area contributed by atoms with E-state index >= 15 is 0 Å². The Hall–Kier alpha value is -2.76. The predicted molar refractivity (Wildman–Crippen MR) is 187 cm³/mol. The Labute approximate surface area is 267 Å². The maximum atomic E-state index is 10.9. The van der Waals surface area contributed by atoms with E-state index in [-0.39, 0.29) is 10.8 Å². The van der Waals surface area contributed by atoms with E-state index in [4.69, 9.17) is 0 Å². The van der Waals surface area contributed by atoms with Gasteiger partial charge in [0.15, 0.2) is 0 Å². The Kier molecular flexibility index (Phi) is 13.2. The molecule has 0 aromatic rings. The average molecular weight is 603 g/mol. The maximum Gasteiger partial charge on any atom is 0.0861 e. The topological polar surface area (TPSA) is 80.9 Å². The summed E-state index contributed by atoms with van der Waals surface area (Å²) in [4.78, 5) is 0. The fourth-order valence-electron chi connectivity index (χ4n) is 6.72. The smallest absolute Gasteiger partial charge is 0.0861 e. The van der Waals surface area contributed by atoms with Gasteiger partial charge in [-0.1, -0.05) is 135 Å². The predicted octanol–water partition coefficient (Wildman–Crippen LogP) is 8.71. The standard InChI is InChI=1S/C40H58O4/c1-29(17-13-19-31(3)21-23-35-37(5,6)25-33(41)27-39(35,9)43)15-11-12-16-30(2)18-14-20-32(4)22-24-36-38(7,8)26-34(42)28-40(36,10)44/h11-24,33-34,41-44H,25-28H2,1-10H3/b15-11+,16-12+,19-13+,20-14+,29-17+,30-18+,31-21+,32-22+,35-23-,36-24-. The van der Waals surface area contributed by atoms with E-state index in [1.807, 2.05) is 62.5 Å². The second-order valence-corrected chi connectivity index (χ2v) is 14.7. The van der Waals surface area contributed by atoms with Crippen LogP contribution in [0.15, 0.2) is 119 Å². The summed E-state index contributed by atoms with van der Waals surface area (Å²) in [5.41, 5.74) is 3.85. The van der Waals surface area contributed by atoms with Crippen molar-refractivity contribution < 1.29 is 20.4 Å². The SMILES string of the molecule is CC(/C=C/C=C(C)/C=C/C=C/C(C)=C/C=C/C(C)=C/C=C1/C(C)(C)CC(O)CC1(C)O)=C\C=C1\C(C)(C)CC(O)CC1(C)O. The lowest BCUT2D eigenvalue weighted by molar-refractivity contribution is -0.0279. The van der Waals surface area contributed by atoms with Gasteiger partial charge in [-0.05, 0) is 76.4 Å². The number of rotatable bonds is 9. The van der Waals surface area contributed by atoms with Crippen molar-refractivity contribution in [1.29, 1.82) is 0 Å². The molecule has 0 bridgehead atoms. The molecule has 44 heavy (non-hydrogen) atoms. The molecule has 2 rings (SSSR count). The van der Waals surface area contributed by atoms with Crippen molar-refractivity contribution in [3.63, 3.8) is 0 Å². The zero-order valence-electron chi connectivity index (χ0n) is 28.9. The van der Waals surface area contributed by atoms with Crippen molar-refractivity contribution in [2.75, 3.05) is 0 Å². The van der Waals surface area contributed by atoms with Crippen molar-refractivity contribution in [3.8, 4) is 0 Å². The molecule has 2 saturated carbocycles. The zero-order valence-corrected chi connectivity index (χ0v) is 28.9. The highest BCUT2D eigenvalue weighted by atomic mass is 16.3. The highest BCUT2D eigenvalue weighted by Crippen LogP contribution is 2.46. The molecule has 0 aromatic heterocycles. The van der Waals surface area contributed by atoms with Gasteiger partial charge in [0, 0.05) is 12.8 Å². The summed E-state index contributed by atoms with van der Waals surface area (Å²) in [6.45, 7) is 20.1. The quantitative estimate of drug-likeness (QED) is 0.199. The molecule has 2 aliphatic carbocycles. The molecule has 2 aliphatic rings. The summed E-state index contributed by atoms with van der Waals surface area (Å²) < 4.78 is 0. The molecular weight excluding hydrogens is 544 g/mol. The number of hydrogen-bond acceptors (Lipinski definition) is 4. The third kappa shape index (κ3) is 11.6. The van der Waals surface area contributed by atoms with Gasteiger partial charge in [-0.3, -0.25) is 0 Å². The molecule has 0 amide bonds. The van der Waals surface area contributed by atoms with Crippen molar-refractivity contribution in [1.82, 2.24) is 0 Å². The lowest BCUT2D eigenvalue weighted by atomic mass is 9.65. The van der Waals surface area contributed by atoms with E-state index in [1.54, 1.807) is 13.8 Å². The molecule has 0 radical (unpaired) electrons. The van der Waals surface area contributed by atoms with Crippen LogP contribution in [-0.4, -0.2) is 43.8 Å². The third-order valence-corrected chi connectivity index (χ3v) is 8.67. The molecule has 4 nitrogen and oxygen atoms in total. The number of hydrogen-bond donors (Lipinski definition) is 4. The Morgan fingerprint density at radius 1 is 0.500 bits per heavy atom. The second kappa shape index (κ2) is 15.5. The lowest BCUT2D eigenvalue weighted by Crippen LogP contribution is -2.45. The zero-order chi connectivity index (χ0) is 33.3. The Morgan fingerprint density at radius 2 is 0.795 bits per heavy atom. The molecular formula is C40H58O4. The molecule has 4 atom stereocenters. The van der Waals surface area contributed by atoms with Gasteiger partial charge in [0.1, 0.15) is 0 Å². The van der Waals surface area contributed by atoms with Gasteiger partial charge >= 0.3 is 0 Å². The van der Waals surface area contributed by atoms with E-state index in [2.05, 4.69) is 78.0 Å². The van der Waals surface area contributed by atoms with E-state index in [1.165, 1.54) is 0 Å². The summed E-state index contributed by atoms with van der Waals surface area (Å²) in [6.07, 6.45) is 29.7. The summed E-state index contributed by atoms with van der Waals surface area (Å²) >= 11 is 0. The summed E-state index contributed by atoms with van der Waals surface area (Å²) in [6, 6.07) is 0. The minimum absolute atomic E-state index is 0.253. The van der Waals surface area contributed by atoms with Crippen molar-refractivity contribution in [2.45, 2.75) is 118 Å². The molecule has 4 heteroatoms. The largest absolute Gasteiger partial charge is 0.393 e. The van der Waals surface area contributed by atoms with Crippen LogP contribution in [-0.2, 0) is 0 Å². The number of aliphatic hydroxyl groups is 4. The molecule has 0 spiro atoms. The molecule has 242 valence electrons. The third-order valence-electron chi connectivity index (χ3n) is 8.67. The van der Waals surface area contributed by atoms with Gasteiger partial charge in [0.05, 0.1) is 23.4 Å². The van der Waals surface area contributed by atoms with Crippen LogP contribution in [0.4, 0.5) is 0 Å². The molecule has 4 N–H and O–H groups in total. The normalized spacial score (nSPS) is 32.8. The Balaban J connectivity index is 1.95. The first kappa shape index (κ1) is 37.4. The average Bonchev–Trinajstić information content (AvgIpc) is 2.83. The first-order chi connectivity index (χ1) is 20.2. The van der Waals surface area contributed by atoms with Gasteiger partial charge in [0.2, 0.25) is 0 Å². The molecule has 0 saturated heterocycles. The summed E-state index contributed by atoms with van der Waals surface area (Å²) in [7, 11) is 0. The van der Waals surface area contributed by atoms with E-state index in [9.17, 15) is 20.4 Å². The van der Waals surface area contributed by atoms with Crippen LogP contribution < -0.4 is 0 Å². The lowest BCUT2D eigenvalue weighted by Gasteiger charge is -2.45. The second-order valence-electron chi connectivity index (χ2n) is 14.7. The van der Waals surface area contributed by atoms with Crippen LogP contribution in [0.1, 0.15) is 94.9 Å². The Bertz CT molecular complexity index is 1170. The highest BCUT2D eigenvalue weighted by Gasteiger charge is 2.44. The van der Waals surface area contributed by atoms with Gasteiger partial charge in [-0.15, -0.1) is 0 Å². The van der Waals surface area contributed by atoms with Gasteiger partial charge in [0.25, 0.3) is 0 Å². The minimum Gasteiger partial charge on any atom is -0.393 e. The monoisotopic (exact) mass is 602 g/mol. The fraction of sp³-hybridized carbons (Fsp3) is 0.500. The molecule has 0 aromatic carbocycles. The van der Waals surface area contributed by atoms with Crippen LogP contribution in [0.2, 0.25) is 0 Å². The maximum absolute atomic E-state index is 10.9. The summed E-state index contributed by atoms with van der Waals surface area (Å²) in [5, 5.41) is 42.0. The fourth-order valence-corrected chi connectivity index (χ4v) is 6.72. The van der Waals surface area contributed by atoms with E-state index < -0.39 is 23.4 Å². The highest BCUT2D eigenvalue weighted by molar-refractivity contribution is 5.36. The first-order valence-corrected chi connectivity index (χ1v) is 15.9.